The molecule has 15 heteroatoms. The molecule has 0 aliphatic carbocycles. The molecule has 6 heterocycles. The smallest absolute Gasteiger partial charge is 0.192 e. The van der Waals surface area contributed by atoms with Gasteiger partial charge in [-0.05, 0) is 105 Å². The minimum absolute atomic E-state index is 0.445. The third-order valence-corrected chi connectivity index (χ3v) is 14.0. The molecule has 2 aromatic carbocycles. The summed E-state index contributed by atoms with van der Waals surface area (Å²) in [5.74, 6) is -1.31. The molecule has 4 aromatic heterocycles. The molecular weight excluding hydrogens is 959 g/mol. The summed E-state index contributed by atoms with van der Waals surface area (Å²) >= 11 is 9.33. The van der Waals surface area contributed by atoms with E-state index in [1.165, 1.54) is 0 Å². The summed E-state index contributed by atoms with van der Waals surface area (Å²) in [4.78, 5) is 21.9. The number of aromatic nitrogens is 6. The molecule has 0 bridgehead atoms. The molecule has 0 unspecified atom stereocenters. The van der Waals surface area contributed by atoms with Crippen molar-refractivity contribution in [1.29, 1.82) is 0 Å². The number of fused-ring (bicyclic) bond motifs is 2. The van der Waals surface area contributed by atoms with Crippen molar-refractivity contribution in [3.63, 3.8) is 0 Å². The van der Waals surface area contributed by atoms with Crippen LogP contribution in [0.5, 0.6) is 0 Å². The Morgan fingerprint density at radius 3 is 1.87 bits per heavy atom. The van der Waals surface area contributed by atoms with Gasteiger partial charge < -0.3 is 28.7 Å². The van der Waals surface area contributed by atoms with Crippen LogP contribution in [-0.4, -0.2) is 70.6 Å². The summed E-state index contributed by atoms with van der Waals surface area (Å²) in [5.41, 5.74) is 11.3. The normalized spacial score (nSPS) is 16.5. The van der Waals surface area contributed by atoms with Crippen LogP contribution in [-0.2, 0) is 42.0 Å². The second-order valence-corrected chi connectivity index (χ2v) is 23.4. The predicted octanol–water partition coefficient (Wildman–Crippen LogP) is 10.2. The van der Waals surface area contributed by atoms with E-state index in [1.54, 1.807) is 0 Å². The molecule has 55 heavy (non-hydrogen) atoms. The van der Waals surface area contributed by atoms with Crippen molar-refractivity contribution >= 4 is 84.9 Å². The standard InChI is InChI=1S/C23H29BrIN3O3Si.C17H16BrN3O2/c1-15-21(24)27-19-18(25)20(28(22(19)26-15)14-29-12-13-32(3,4)5)16-6-8-17(9-7-16)23(2)30-10-11-31-23;1-10-15(18)20-14-9-13(21-16(14)19-10)11-3-5-12(6-4-11)17(2)22-7-8-23-17/h6-9H,10-14H2,1-5H3;3-6,9H,7-8H2,1-2H3,(H,19,21). The highest BCUT2D eigenvalue weighted by Crippen LogP contribution is 2.37. The van der Waals surface area contributed by atoms with Crippen molar-refractivity contribution in [2.45, 2.75) is 71.7 Å². The van der Waals surface area contributed by atoms with Gasteiger partial charge in [-0.1, -0.05) is 68.2 Å². The number of H-pyrrole nitrogens is 1. The van der Waals surface area contributed by atoms with Crippen LogP contribution in [0, 0.1) is 17.4 Å². The number of ether oxygens (including phenoxy) is 5. The maximum Gasteiger partial charge on any atom is 0.192 e. The average molecular weight is 1000 g/mol. The Morgan fingerprint density at radius 1 is 0.782 bits per heavy atom. The van der Waals surface area contributed by atoms with Crippen LogP contribution in [0.1, 0.15) is 36.4 Å². The third-order valence-electron chi connectivity index (χ3n) is 9.81. The molecule has 6 aromatic rings. The molecule has 290 valence electrons. The van der Waals surface area contributed by atoms with Crippen molar-refractivity contribution in [3.8, 4) is 22.5 Å². The molecule has 8 rings (SSSR count). The van der Waals surface area contributed by atoms with Crippen LogP contribution >= 0.6 is 54.5 Å². The molecule has 2 aliphatic rings. The molecule has 0 saturated carbocycles. The fraction of sp³-hybridized carbons (Fsp3) is 0.400. The topological polar surface area (TPSA) is 118 Å². The van der Waals surface area contributed by atoms with Crippen molar-refractivity contribution < 1.29 is 23.7 Å². The quantitative estimate of drug-likeness (QED) is 0.0858. The Labute approximate surface area is 352 Å². The van der Waals surface area contributed by atoms with Crippen LogP contribution in [0.15, 0.2) is 63.8 Å². The molecule has 0 radical (unpaired) electrons. The second-order valence-electron chi connectivity index (χ2n) is 15.2. The van der Waals surface area contributed by atoms with Gasteiger partial charge in [-0.3, -0.25) is 4.57 Å². The van der Waals surface area contributed by atoms with Gasteiger partial charge in [0.15, 0.2) is 22.9 Å². The lowest BCUT2D eigenvalue weighted by atomic mass is 10.0. The maximum atomic E-state index is 6.15. The van der Waals surface area contributed by atoms with Gasteiger partial charge >= 0.3 is 0 Å². The first-order valence-corrected chi connectivity index (χ1v) is 24.6. The van der Waals surface area contributed by atoms with Gasteiger partial charge in [0, 0.05) is 31.5 Å². The van der Waals surface area contributed by atoms with Crippen LogP contribution in [0.25, 0.3) is 44.8 Å². The molecule has 11 nitrogen and oxygen atoms in total. The van der Waals surface area contributed by atoms with Gasteiger partial charge in [-0.15, -0.1) is 0 Å². The molecule has 1 N–H and O–H groups in total. The Bertz CT molecular complexity index is 2280. The third kappa shape index (κ3) is 8.79. The van der Waals surface area contributed by atoms with E-state index in [2.05, 4.69) is 130 Å². The van der Waals surface area contributed by atoms with E-state index in [0.29, 0.717) is 33.2 Å². The molecule has 2 fully saturated rings. The first kappa shape index (κ1) is 40.6. The van der Waals surface area contributed by atoms with Gasteiger partial charge in [0.05, 0.1) is 47.1 Å². The van der Waals surface area contributed by atoms with Gasteiger partial charge in [0.25, 0.3) is 0 Å². The van der Waals surface area contributed by atoms with Gasteiger partial charge in [0.1, 0.15) is 27.0 Å². The minimum Gasteiger partial charge on any atom is -0.361 e. The number of halogens is 3. The summed E-state index contributed by atoms with van der Waals surface area (Å²) < 4.78 is 33.9. The van der Waals surface area contributed by atoms with E-state index in [0.717, 1.165) is 92.8 Å². The number of benzene rings is 2. The summed E-state index contributed by atoms with van der Waals surface area (Å²) in [6.07, 6.45) is 0. The molecular formula is C40H45Br2IN6O5Si. The Balaban J connectivity index is 0.000000178. The van der Waals surface area contributed by atoms with Crippen molar-refractivity contribution in [3.05, 3.63) is 89.9 Å². The first-order chi connectivity index (χ1) is 26.1. The van der Waals surface area contributed by atoms with E-state index in [4.69, 9.17) is 33.7 Å². The van der Waals surface area contributed by atoms with E-state index < -0.39 is 19.6 Å². The summed E-state index contributed by atoms with van der Waals surface area (Å²) in [6, 6.07) is 19.7. The van der Waals surface area contributed by atoms with E-state index >= 15 is 0 Å². The number of nitrogens with zero attached hydrogens (tertiary/aromatic N) is 5. The molecule has 2 saturated heterocycles. The Kier molecular flexibility index (Phi) is 12.0. The molecule has 0 spiro atoms. The zero-order chi connectivity index (χ0) is 39.1. The van der Waals surface area contributed by atoms with Crippen molar-refractivity contribution in [2.75, 3.05) is 33.0 Å². The van der Waals surface area contributed by atoms with Crippen LogP contribution < -0.4 is 0 Å². The Hall–Kier alpha value is -2.61. The fourth-order valence-corrected chi connectivity index (χ4v) is 8.77. The number of hydrogen-bond acceptors (Lipinski definition) is 9. The highest BCUT2D eigenvalue weighted by Gasteiger charge is 2.34. The molecule has 2 aliphatic heterocycles. The van der Waals surface area contributed by atoms with Gasteiger partial charge in [-0.2, -0.15) is 0 Å². The monoisotopic (exact) mass is 1000 g/mol. The highest BCUT2D eigenvalue weighted by atomic mass is 127. The second kappa shape index (κ2) is 16.3. The maximum absolute atomic E-state index is 6.15. The number of nitrogens with one attached hydrogen (secondary N) is 1. The average Bonchev–Trinajstić information content (AvgIpc) is 3.95. The lowest BCUT2D eigenvalue weighted by Gasteiger charge is -2.23. The number of rotatable bonds is 9. The van der Waals surface area contributed by atoms with Crippen molar-refractivity contribution in [1.82, 2.24) is 29.5 Å². The number of hydrogen-bond donors (Lipinski definition) is 1. The van der Waals surface area contributed by atoms with E-state index in [1.807, 2.05) is 45.9 Å². The lowest BCUT2D eigenvalue weighted by molar-refractivity contribution is -0.150. The first-order valence-electron chi connectivity index (χ1n) is 18.2. The predicted molar refractivity (Wildman–Crippen MR) is 232 cm³/mol. The van der Waals surface area contributed by atoms with Crippen LogP contribution in [0.2, 0.25) is 25.7 Å². The SMILES string of the molecule is Cc1nc2[nH]c(-c3ccc(C4(C)OCCO4)cc3)cc2nc1Br.Cc1nc2c(nc1Br)c(I)c(-c1ccc(C3(C)OCCO3)cc1)n2COCC[Si](C)(C)C. The zero-order valence-electron chi connectivity index (χ0n) is 32.1. The van der Waals surface area contributed by atoms with Gasteiger partial charge in [-0.25, -0.2) is 19.9 Å². The Morgan fingerprint density at radius 2 is 1.31 bits per heavy atom. The lowest BCUT2D eigenvalue weighted by Crippen LogP contribution is -2.22. The molecule has 0 amide bonds. The molecule has 0 atom stereocenters. The minimum atomic E-state index is -1.16. The van der Waals surface area contributed by atoms with Crippen LogP contribution in [0.3, 0.4) is 0 Å². The summed E-state index contributed by atoms with van der Waals surface area (Å²) in [5, 5.41) is 0. The van der Waals surface area contributed by atoms with E-state index in [9.17, 15) is 0 Å². The van der Waals surface area contributed by atoms with Crippen LogP contribution in [0.4, 0.5) is 0 Å². The number of aromatic amines is 1. The highest BCUT2D eigenvalue weighted by molar-refractivity contribution is 14.1. The number of aryl methyl sites for hydroxylation is 2. The zero-order valence-corrected chi connectivity index (χ0v) is 38.4. The fourth-order valence-electron chi connectivity index (χ4n) is 6.51. The summed E-state index contributed by atoms with van der Waals surface area (Å²) in [7, 11) is -1.16. The van der Waals surface area contributed by atoms with Gasteiger partial charge in [0.2, 0.25) is 0 Å². The van der Waals surface area contributed by atoms with Crippen molar-refractivity contribution in [2.24, 2.45) is 0 Å². The largest absolute Gasteiger partial charge is 0.361 e. The summed E-state index contributed by atoms with van der Waals surface area (Å²) in [6.45, 7) is 18.6. The van der Waals surface area contributed by atoms with E-state index in [-0.39, 0.29) is 0 Å².